The molecule has 2 aromatic rings. The molecule has 2 rings (SSSR count). The predicted octanol–water partition coefficient (Wildman–Crippen LogP) is 2.62. The zero-order valence-electron chi connectivity index (χ0n) is 13.6. The van der Waals surface area contributed by atoms with E-state index in [1.165, 1.54) is 0 Å². The molecule has 1 aromatic heterocycles. The molecule has 1 aromatic carbocycles. The summed E-state index contributed by atoms with van der Waals surface area (Å²) in [6.07, 6.45) is 1.69. The summed E-state index contributed by atoms with van der Waals surface area (Å²) < 4.78 is 17.8. The van der Waals surface area contributed by atoms with E-state index in [4.69, 9.17) is 9.84 Å². The first-order chi connectivity index (χ1) is 11.7. The maximum Gasteiger partial charge on any atom is 0.0966 e. The molecule has 5 heteroatoms. The molecule has 1 unspecified atom stereocenters. The first kappa shape index (κ1) is 17.9. The molecule has 0 amide bonds. The zero-order valence-corrected chi connectivity index (χ0v) is 13.6. The van der Waals surface area contributed by atoms with Gasteiger partial charge in [-0.25, -0.2) is 0 Å². The number of pyridine rings is 1. The summed E-state index contributed by atoms with van der Waals surface area (Å²) in [6, 6.07) is 11.6. The summed E-state index contributed by atoms with van der Waals surface area (Å²) in [7, 11) is 1.87. The van der Waals surface area contributed by atoms with Crippen molar-refractivity contribution in [3.05, 3.63) is 59.4 Å². The van der Waals surface area contributed by atoms with Crippen LogP contribution < -0.4 is 5.32 Å². The zero-order chi connectivity index (χ0) is 17.2. The van der Waals surface area contributed by atoms with Crippen LogP contribution in [-0.2, 0) is 11.3 Å². The molecule has 0 aliphatic heterocycles. The minimum atomic E-state index is -0.590. The van der Waals surface area contributed by atoms with Crippen molar-refractivity contribution in [2.45, 2.75) is 6.61 Å². The lowest BCUT2D eigenvalue weighted by Gasteiger charge is -2.09. The van der Waals surface area contributed by atoms with Crippen molar-refractivity contribution < 1.29 is 14.2 Å². The molecule has 1 heterocycles. The Labute approximate surface area is 141 Å². The molecule has 0 saturated carbocycles. The number of nitrogens with zero attached hydrogens (tertiary/aromatic N) is 1. The first-order valence-electron chi connectivity index (χ1n) is 7.74. The van der Waals surface area contributed by atoms with Crippen molar-refractivity contribution >= 4 is 5.69 Å². The highest BCUT2D eigenvalue weighted by molar-refractivity contribution is 5.49. The van der Waals surface area contributed by atoms with Gasteiger partial charge in [0.15, 0.2) is 0 Å². The summed E-state index contributed by atoms with van der Waals surface area (Å²) >= 11 is 0. The second kappa shape index (κ2) is 9.66. The standard InChI is InChI=1S/C19H21FN2O2/c1-21-18-7-4-15(5-8-18)2-3-16-6-9-19(22-11-16)14-24-13-17(10-20)12-23/h4-9,11,17,21,23H,10,12-14H2,1H3/i20-1. The van der Waals surface area contributed by atoms with Gasteiger partial charge in [-0.15, -0.1) is 0 Å². The number of hydrogen-bond acceptors (Lipinski definition) is 4. The molecule has 2 N–H and O–H groups in total. The van der Waals surface area contributed by atoms with E-state index in [-0.39, 0.29) is 19.8 Å². The van der Waals surface area contributed by atoms with E-state index in [0.717, 1.165) is 22.5 Å². The van der Waals surface area contributed by atoms with Crippen molar-refractivity contribution in [1.29, 1.82) is 0 Å². The molecule has 24 heavy (non-hydrogen) atoms. The van der Waals surface area contributed by atoms with Gasteiger partial charge in [0.05, 0.1) is 32.2 Å². The third-order valence-corrected chi connectivity index (χ3v) is 3.43. The normalized spacial score (nSPS) is 11.5. The van der Waals surface area contributed by atoms with Gasteiger partial charge >= 0.3 is 0 Å². The Hall–Kier alpha value is -2.42. The molecule has 4 nitrogen and oxygen atoms in total. The molecule has 0 bridgehead atoms. The molecule has 0 fully saturated rings. The van der Waals surface area contributed by atoms with Crippen LogP contribution in [0.25, 0.3) is 0 Å². The first-order valence-corrected chi connectivity index (χ1v) is 7.74. The minimum Gasteiger partial charge on any atom is -0.396 e. The van der Waals surface area contributed by atoms with Gasteiger partial charge < -0.3 is 15.2 Å². The molecular formula is C19H21FN2O2. The van der Waals surface area contributed by atoms with E-state index in [0.29, 0.717) is 0 Å². The molecule has 0 saturated heterocycles. The smallest absolute Gasteiger partial charge is 0.0966 e. The SMILES string of the molecule is CNc1ccc(C#Cc2ccc(COCC(CO)C[18F])nc2)cc1. The van der Waals surface area contributed by atoms with Gasteiger partial charge in [-0.05, 0) is 36.4 Å². The van der Waals surface area contributed by atoms with Crippen molar-refractivity contribution in [2.75, 3.05) is 32.3 Å². The fourth-order valence-corrected chi connectivity index (χ4v) is 1.92. The van der Waals surface area contributed by atoms with E-state index in [9.17, 15) is 4.39 Å². The van der Waals surface area contributed by atoms with Gasteiger partial charge in [0.2, 0.25) is 0 Å². The monoisotopic (exact) mass is 327 g/mol. The number of benzene rings is 1. The number of rotatable bonds is 7. The molecule has 0 aliphatic carbocycles. The van der Waals surface area contributed by atoms with Crippen LogP contribution in [0, 0.1) is 17.8 Å². The summed E-state index contributed by atoms with van der Waals surface area (Å²) in [5, 5.41) is 11.9. The Morgan fingerprint density at radius 1 is 1.17 bits per heavy atom. The van der Waals surface area contributed by atoms with Gasteiger partial charge in [0.25, 0.3) is 0 Å². The number of aliphatic hydroxyl groups is 1. The van der Waals surface area contributed by atoms with E-state index in [1.54, 1.807) is 6.20 Å². The van der Waals surface area contributed by atoms with Crippen LogP contribution in [0.1, 0.15) is 16.8 Å². The van der Waals surface area contributed by atoms with Gasteiger partial charge in [-0.1, -0.05) is 11.8 Å². The van der Waals surface area contributed by atoms with Crippen LogP contribution in [0.5, 0.6) is 0 Å². The summed E-state index contributed by atoms with van der Waals surface area (Å²) in [5.74, 6) is 5.68. The van der Waals surface area contributed by atoms with Crippen LogP contribution in [-0.4, -0.2) is 37.0 Å². The number of halogens is 1. The van der Waals surface area contributed by atoms with Gasteiger partial charge in [0.1, 0.15) is 0 Å². The van der Waals surface area contributed by atoms with Gasteiger partial charge in [0, 0.05) is 36.0 Å². The van der Waals surface area contributed by atoms with E-state index in [1.807, 2.05) is 43.4 Å². The minimum absolute atomic E-state index is 0.179. The largest absolute Gasteiger partial charge is 0.396 e. The maximum atomic E-state index is 12.4. The van der Waals surface area contributed by atoms with Crippen LogP contribution in [0.3, 0.4) is 0 Å². The average Bonchev–Trinajstić information content (AvgIpc) is 2.65. The molecule has 0 aliphatic rings. The van der Waals surface area contributed by atoms with E-state index in [2.05, 4.69) is 22.1 Å². The van der Waals surface area contributed by atoms with Crippen LogP contribution >= 0.6 is 0 Å². The highest BCUT2D eigenvalue weighted by atomic mass is 18.2. The van der Waals surface area contributed by atoms with Gasteiger partial charge in [-0.2, -0.15) is 0 Å². The number of anilines is 1. The van der Waals surface area contributed by atoms with Gasteiger partial charge in [-0.3, -0.25) is 9.37 Å². The van der Waals surface area contributed by atoms with Crippen molar-refractivity contribution in [2.24, 2.45) is 5.92 Å². The average molecular weight is 327 g/mol. The molecular weight excluding hydrogens is 306 g/mol. The van der Waals surface area contributed by atoms with E-state index < -0.39 is 12.6 Å². The highest BCUT2D eigenvalue weighted by Gasteiger charge is 2.06. The number of aliphatic hydroxyl groups excluding tert-OH is 1. The number of hydrogen-bond donors (Lipinski definition) is 2. The second-order valence-electron chi connectivity index (χ2n) is 5.33. The molecule has 1 atom stereocenters. The number of aromatic nitrogens is 1. The Kier molecular flexibility index (Phi) is 7.21. The van der Waals surface area contributed by atoms with Crippen molar-refractivity contribution in [1.82, 2.24) is 4.98 Å². The number of alkyl halides is 1. The number of ether oxygens (including phenoxy) is 1. The van der Waals surface area contributed by atoms with Crippen molar-refractivity contribution in [3.63, 3.8) is 0 Å². The third kappa shape index (κ3) is 5.65. The molecule has 0 radical (unpaired) electrons. The van der Waals surface area contributed by atoms with Crippen LogP contribution in [0.2, 0.25) is 0 Å². The molecule has 0 spiro atoms. The second-order valence-corrected chi connectivity index (χ2v) is 5.33. The maximum absolute atomic E-state index is 12.4. The topological polar surface area (TPSA) is 54.4 Å². The van der Waals surface area contributed by atoms with E-state index >= 15 is 0 Å². The summed E-state index contributed by atoms with van der Waals surface area (Å²) in [6.45, 7) is -0.337. The summed E-state index contributed by atoms with van der Waals surface area (Å²) in [4.78, 5) is 4.27. The Balaban J connectivity index is 1.89. The Bertz CT molecular complexity index is 671. The van der Waals surface area contributed by atoms with Crippen LogP contribution in [0.15, 0.2) is 42.6 Å². The lowest BCUT2D eigenvalue weighted by molar-refractivity contribution is 0.0513. The quantitative estimate of drug-likeness (QED) is 0.768. The fraction of sp³-hybridized carbons (Fsp3) is 0.316. The summed E-state index contributed by atoms with van der Waals surface area (Å²) in [5.41, 5.74) is 3.54. The van der Waals surface area contributed by atoms with Crippen LogP contribution in [0.4, 0.5) is 10.1 Å². The number of nitrogens with one attached hydrogen (secondary N) is 1. The highest BCUT2D eigenvalue weighted by Crippen LogP contribution is 2.08. The van der Waals surface area contributed by atoms with Crippen molar-refractivity contribution in [3.8, 4) is 11.8 Å². The Morgan fingerprint density at radius 2 is 1.88 bits per heavy atom. The fourth-order valence-electron chi connectivity index (χ4n) is 1.92. The predicted molar refractivity (Wildman–Crippen MR) is 92.4 cm³/mol. The molecule has 126 valence electrons. The third-order valence-electron chi connectivity index (χ3n) is 3.43. The lowest BCUT2D eigenvalue weighted by atomic mass is 10.2. The Morgan fingerprint density at radius 3 is 2.46 bits per heavy atom. The lowest BCUT2D eigenvalue weighted by Crippen LogP contribution is -2.16.